The van der Waals surface area contributed by atoms with Crippen LogP contribution in [0.3, 0.4) is 0 Å². The topological polar surface area (TPSA) is 71.2 Å². The van der Waals surface area contributed by atoms with E-state index in [1.165, 1.54) is 0 Å². The zero-order valence-corrected chi connectivity index (χ0v) is 16.9. The van der Waals surface area contributed by atoms with Crippen molar-refractivity contribution in [1.29, 1.82) is 5.26 Å². The van der Waals surface area contributed by atoms with Crippen molar-refractivity contribution < 1.29 is 9.53 Å². The fraction of sp³-hybridized carbons (Fsp3) is 0.591. The predicted molar refractivity (Wildman–Crippen MR) is 107 cm³/mol. The molecule has 1 aromatic carbocycles. The van der Waals surface area contributed by atoms with Gasteiger partial charge in [-0.15, -0.1) is 0 Å². The Hall–Kier alpha value is -2.55. The van der Waals surface area contributed by atoms with Crippen molar-refractivity contribution in [2.24, 2.45) is 11.3 Å². The number of amides is 1. The van der Waals surface area contributed by atoms with E-state index in [1.54, 1.807) is 6.07 Å². The number of fused-ring (bicyclic) bond motifs is 1. The molecule has 1 saturated carbocycles. The molecule has 4 rings (SSSR count). The minimum absolute atomic E-state index is 0.0623. The molecular formula is C22H28N4O2. The van der Waals surface area contributed by atoms with Crippen LogP contribution in [0.15, 0.2) is 24.5 Å². The number of nitrogens with zero attached hydrogens (tertiary/aromatic N) is 4. The molecule has 0 radical (unpaired) electrons. The molecule has 2 atom stereocenters. The van der Waals surface area contributed by atoms with Gasteiger partial charge in [-0.3, -0.25) is 0 Å². The highest BCUT2D eigenvalue weighted by Gasteiger charge is 2.48. The average molecular weight is 380 g/mol. The first kappa shape index (κ1) is 18.8. The van der Waals surface area contributed by atoms with Gasteiger partial charge in [-0.1, -0.05) is 20.8 Å². The van der Waals surface area contributed by atoms with E-state index >= 15 is 0 Å². The summed E-state index contributed by atoms with van der Waals surface area (Å²) in [4.78, 5) is 18.8. The van der Waals surface area contributed by atoms with Crippen molar-refractivity contribution in [2.45, 2.75) is 58.6 Å². The van der Waals surface area contributed by atoms with Crippen molar-refractivity contribution >= 4 is 17.1 Å². The summed E-state index contributed by atoms with van der Waals surface area (Å²) in [5.41, 5.74) is 2.27. The summed E-state index contributed by atoms with van der Waals surface area (Å²) >= 11 is 0. The first-order chi connectivity index (χ1) is 13.3. The Balaban J connectivity index is 1.49. The van der Waals surface area contributed by atoms with Gasteiger partial charge < -0.3 is 14.2 Å². The van der Waals surface area contributed by atoms with Gasteiger partial charge in [-0.05, 0) is 55.2 Å². The molecule has 2 heterocycles. The largest absolute Gasteiger partial charge is 0.441 e. The van der Waals surface area contributed by atoms with Gasteiger partial charge >= 0.3 is 6.09 Å². The van der Waals surface area contributed by atoms with Gasteiger partial charge in [0.2, 0.25) is 0 Å². The van der Waals surface area contributed by atoms with Crippen molar-refractivity contribution in [3.05, 3.63) is 30.1 Å². The summed E-state index contributed by atoms with van der Waals surface area (Å²) < 4.78 is 8.08. The number of benzene rings is 1. The molecule has 0 bridgehead atoms. The molecule has 1 aliphatic carbocycles. The Morgan fingerprint density at radius 3 is 2.96 bits per heavy atom. The Morgan fingerprint density at radius 1 is 1.39 bits per heavy atom. The summed E-state index contributed by atoms with van der Waals surface area (Å²) in [6.07, 6.45) is 5.71. The number of hydrogen-bond donors (Lipinski definition) is 0. The van der Waals surface area contributed by atoms with Crippen LogP contribution < -0.4 is 0 Å². The summed E-state index contributed by atoms with van der Waals surface area (Å²) in [7, 11) is 0. The Kier molecular flexibility index (Phi) is 4.57. The first-order valence-corrected chi connectivity index (χ1v) is 10.1. The van der Waals surface area contributed by atoms with Gasteiger partial charge in [0, 0.05) is 13.1 Å². The van der Waals surface area contributed by atoms with Crippen molar-refractivity contribution in [2.75, 3.05) is 13.1 Å². The number of aromatic nitrogens is 2. The number of hydrogen-bond acceptors (Lipinski definition) is 4. The molecule has 2 aromatic rings. The zero-order chi connectivity index (χ0) is 19.9. The Bertz CT molecular complexity index is 936. The van der Waals surface area contributed by atoms with Crippen LogP contribution in [0.5, 0.6) is 0 Å². The highest BCUT2D eigenvalue weighted by Crippen LogP contribution is 2.41. The highest BCUT2D eigenvalue weighted by atomic mass is 16.6. The van der Waals surface area contributed by atoms with E-state index < -0.39 is 0 Å². The van der Waals surface area contributed by atoms with E-state index in [-0.39, 0.29) is 17.1 Å². The SMILES string of the molecule is CC(C)(C)CN1C[C@@]2(CCC[C@H](Cn3cnc4ccc(C#N)cc43)C2)OC1=O. The Labute approximate surface area is 166 Å². The standard InChI is InChI=1S/C22H28N4O2/c1-21(2,3)13-26-14-22(28-20(26)27)8-4-5-17(10-22)12-25-15-24-18-7-6-16(11-23)9-19(18)25/h6-7,9,15,17H,4-5,8,10,12-14H2,1-3H3/t17-,22-/m0/s1. The van der Waals surface area contributed by atoms with Crippen LogP contribution in [0.4, 0.5) is 4.79 Å². The van der Waals surface area contributed by atoms with Gasteiger partial charge in [0.15, 0.2) is 0 Å². The second kappa shape index (κ2) is 6.80. The lowest BCUT2D eigenvalue weighted by atomic mass is 9.77. The molecule has 6 nitrogen and oxygen atoms in total. The maximum Gasteiger partial charge on any atom is 0.410 e. The number of carbonyl (C=O) groups excluding carboxylic acids is 1. The summed E-state index contributed by atoms with van der Waals surface area (Å²) in [6, 6.07) is 7.81. The molecule has 28 heavy (non-hydrogen) atoms. The number of carbonyl (C=O) groups is 1. The average Bonchev–Trinajstić information content (AvgIpc) is 3.14. The number of imidazole rings is 1. The lowest BCUT2D eigenvalue weighted by Crippen LogP contribution is -2.41. The molecule has 1 aliphatic heterocycles. The first-order valence-electron chi connectivity index (χ1n) is 10.1. The highest BCUT2D eigenvalue weighted by molar-refractivity contribution is 5.77. The van der Waals surface area contributed by atoms with Crippen LogP contribution in [0.2, 0.25) is 0 Å². The smallest absolute Gasteiger partial charge is 0.410 e. The van der Waals surface area contributed by atoms with E-state index in [0.717, 1.165) is 49.8 Å². The van der Waals surface area contributed by atoms with Crippen LogP contribution >= 0.6 is 0 Å². The van der Waals surface area contributed by atoms with E-state index in [2.05, 4.69) is 36.4 Å². The van der Waals surface area contributed by atoms with Crippen molar-refractivity contribution in [1.82, 2.24) is 14.5 Å². The van der Waals surface area contributed by atoms with E-state index in [1.807, 2.05) is 23.4 Å². The fourth-order valence-corrected chi connectivity index (χ4v) is 4.77. The van der Waals surface area contributed by atoms with Crippen LogP contribution in [0.25, 0.3) is 11.0 Å². The molecule has 148 valence electrons. The predicted octanol–water partition coefficient (Wildman–Crippen LogP) is 4.34. The van der Waals surface area contributed by atoms with Gasteiger partial charge in [0.25, 0.3) is 0 Å². The van der Waals surface area contributed by atoms with Crippen LogP contribution in [-0.2, 0) is 11.3 Å². The fourth-order valence-electron chi connectivity index (χ4n) is 4.77. The third kappa shape index (κ3) is 3.71. The molecule has 1 saturated heterocycles. The molecule has 2 fully saturated rings. The second-order valence-corrected chi connectivity index (χ2v) is 9.64. The summed E-state index contributed by atoms with van der Waals surface area (Å²) in [6.45, 7) is 8.70. The molecule has 0 unspecified atom stereocenters. The quantitative estimate of drug-likeness (QED) is 0.794. The molecule has 1 aromatic heterocycles. The number of rotatable bonds is 3. The molecule has 1 spiro atoms. The second-order valence-electron chi connectivity index (χ2n) is 9.64. The van der Waals surface area contributed by atoms with Crippen LogP contribution in [-0.4, -0.2) is 39.2 Å². The summed E-state index contributed by atoms with van der Waals surface area (Å²) in [5, 5.41) is 9.18. The maximum atomic E-state index is 12.5. The third-order valence-corrected chi connectivity index (χ3v) is 5.82. The van der Waals surface area contributed by atoms with E-state index in [4.69, 9.17) is 4.74 Å². The molecule has 0 N–H and O–H groups in total. The molecule has 2 aliphatic rings. The maximum absolute atomic E-state index is 12.5. The van der Waals surface area contributed by atoms with Gasteiger partial charge in [-0.25, -0.2) is 9.78 Å². The van der Waals surface area contributed by atoms with Crippen molar-refractivity contribution in [3.63, 3.8) is 0 Å². The monoisotopic (exact) mass is 380 g/mol. The number of nitriles is 1. The molecule has 1 amide bonds. The molecule has 6 heteroatoms. The van der Waals surface area contributed by atoms with Gasteiger partial charge in [-0.2, -0.15) is 5.26 Å². The third-order valence-electron chi connectivity index (χ3n) is 5.82. The lowest BCUT2D eigenvalue weighted by Gasteiger charge is -2.36. The van der Waals surface area contributed by atoms with E-state index in [0.29, 0.717) is 18.0 Å². The Morgan fingerprint density at radius 2 is 2.21 bits per heavy atom. The summed E-state index contributed by atoms with van der Waals surface area (Å²) in [5.74, 6) is 0.430. The van der Waals surface area contributed by atoms with E-state index in [9.17, 15) is 10.1 Å². The van der Waals surface area contributed by atoms with Gasteiger partial charge in [0.05, 0.1) is 35.5 Å². The minimum Gasteiger partial charge on any atom is -0.441 e. The van der Waals surface area contributed by atoms with Crippen LogP contribution in [0, 0.1) is 22.7 Å². The lowest BCUT2D eigenvalue weighted by molar-refractivity contribution is 0.00413. The van der Waals surface area contributed by atoms with Crippen LogP contribution in [0.1, 0.15) is 52.0 Å². The molecular weight excluding hydrogens is 352 g/mol. The zero-order valence-electron chi connectivity index (χ0n) is 16.9. The normalized spacial score (nSPS) is 25.3. The van der Waals surface area contributed by atoms with Crippen molar-refractivity contribution in [3.8, 4) is 6.07 Å². The number of ether oxygens (including phenoxy) is 1. The van der Waals surface area contributed by atoms with Gasteiger partial charge in [0.1, 0.15) is 5.60 Å². The minimum atomic E-state index is -0.348.